The molecule has 0 radical (unpaired) electrons. The van der Waals surface area contributed by atoms with Gasteiger partial charge in [-0.05, 0) is 49.4 Å². The van der Waals surface area contributed by atoms with Gasteiger partial charge in [0.1, 0.15) is 0 Å². The van der Waals surface area contributed by atoms with Crippen LogP contribution in [0.5, 0.6) is 0 Å². The van der Waals surface area contributed by atoms with Crippen LogP contribution in [-0.2, 0) is 0 Å². The topological polar surface area (TPSA) is 92.7 Å². The zero-order valence-corrected chi connectivity index (χ0v) is 24.2. The van der Waals surface area contributed by atoms with Crippen LogP contribution in [-0.4, -0.2) is 25.2 Å². The van der Waals surface area contributed by atoms with Crippen molar-refractivity contribution in [2.75, 3.05) is 22.9 Å². The molecule has 0 spiro atoms. The monoisotopic (exact) mass is 536 g/mol. The maximum Gasteiger partial charge on any atom is 0.319 e. The van der Waals surface area contributed by atoms with Crippen molar-refractivity contribution < 1.29 is 9.59 Å². The number of carbonyl (C=O) groups is 2. The first-order valence-corrected chi connectivity index (χ1v) is 15.3. The predicted molar refractivity (Wildman–Crippen MR) is 165 cm³/mol. The number of benzene rings is 2. The highest BCUT2D eigenvalue weighted by Gasteiger charge is 2.18. The van der Waals surface area contributed by atoms with E-state index in [9.17, 15) is 9.59 Å². The molecule has 0 heterocycles. The average molecular weight is 537 g/mol. The number of carbonyl (C=O) groups excluding carboxylic acids is 2. The van der Waals surface area contributed by atoms with Crippen molar-refractivity contribution in [1.82, 2.24) is 0 Å². The van der Waals surface area contributed by atoms with E-state index in [2.05, 4.69) is 6.92 Å². The van der Waals surface area contributed by atoms with Gasteiger partial charge in [0.15, 0.2) is 0 Å². The second kappa shape index (κ2) is 20.0. The molecule has 1 atom stereocenters. The van der Waals surface area contributed by atoms with Crippen LogP contribution in [0.4, 0.5) is 21.0 Å². The van der Waals surface area contributed by atoms with Gasteiger partial charge >= 0.3 is 12.1 Å². The van der Waals surface area contributed by atoms with Gasteiger partial charge in [0, 0.05) is 24.5 Å². The molecule has 6 heteroatoms. The van der Waals surface area contributed by atoms with E-state index in [0.29, 0.717) is 19.0 Å². The van der Waals surface area contributed by atoms with Gasteiger partial charge in [0.25, 0.3) is 0 Å². The summed E-state index contributed by atoms with van der Waals surface area (Å²) in [6.45, 7) is 3.60. The Bertz CT molecular complexity index is 906. The third-order valence-corrected chi connectivity index (χ3v) is 7.57. The molecule has 0 bridgehead atoms. The fraction of sp³-hybridized carbons (Fsp3) is 0.576. The van der Waals surface area contributed by atoms with E-state index in [0.717, 1.165) is 43.5 Å². The molecule has 0 aliphatic heterocycles. The largest absolute Gasteiger partial charge is 0.351 e. The van der Waals surface area contributed by atoms with Crippen LogP contribution in [0.1, 0.15) is 103 Å². The predicted octanol–water partition coefficient (Wildman–Crippen LogP) is 8.64. The summed E-state index contributed by atoms with van der Waals surface area (Å²) < 4.78 is 0. The highest BCUT2D eigenvalue weighted by Crippen LogP contribution is 2.24. The number of anilines is 2. The SMILES string of the molecule is CCCCCCCCCC(CCCCCCCCN(C(N)=O)c1ccccc1)CN(C(N)=O)c1ccccc1. The second-order valence-corrected chi connectivity index (χ2v) is 10.8. The molecule has 2 aromatic carbocycles. The van der Waals surface area contributed by atoms with Gasteiger partial charge in [0.2, 0.25) is 0 Å². The fourth-order valence-corrected chi connectivity index (χ4v) is 5.29. The highest BCUT2D eigenvalue weighted by atomic mass is 16.2. The first kappa shape index (κ1) is 32.2. The van der Waals surface area contributed by atoms with E-state index in [1.165, 1.54) is 64.2 Å². The summed E-state index contributed by atoms with van der Waals surface area (Å²) in [7, 11) is 0. The Labute approximate surface area is 237 Å². The summed E-state index contributed by atoms with van der Waals surface area (Å²) in [5.74, 6) is 0.461. The van der Waals surface area contributed by atoms with Gasteiger partial charge < -0.3 is 11.5 Å². The minimum atomic E-state index is -0.395. The number of primary amides is 2. The lowest BCUT2D eigenvalue weighted by atomic mass is 9.93. The van der Waals surface area contributed by atoms with E-state index < -0.39 is 6.03 Å². The Balaban J connectivity index is 1.74. The minimum absolute atomic E-state index is 0.369. The quantitative estimate of drug-likeness (QED) is 0.156. The van der Waals surface area contributed by atoms with Crippen LogP contribution >= 0.6 is 0 Å². The number of rotatable bonds is 21. The Kier molecular flexibility index (Phi) is 16.5. The third-order valence-electron chi connectivity index (χ3n) is 7.57. The lowest BCUT2D eigenvalue weighted by molar-refractivity contribution is 0.251. The summed E-state index contributed by atoms with van der Waals surface area (Å²) in [5.41, 5.74) is 13.1. The lowest BCUT2D eigenvalue weighted by Gasteiger charge is -2.26. The normalized spacial score (nSPS) is 11.7. The van der Waals surface area contributed by atoms with Gasteiger partial charge in [-0.3, -0.25) is 9.80 Å². The summed E-state index contributed by atoms with van der Waals surface area (Å²) in [6.07, 6.45) is 18.1. The van der Waals surface area contributed by atoms with Crippen molar-refractivity contribution in [2.24, 2.45) is 17.4 Å². The Morgan fingerprint density at radius 2 is 1.00 bits per heavy atom. The molecular formula is C33H52N4O2. The zero-order valence-electron chi connectivity index (χ0n) is 24.2. The average Bonchev–Trinajstić information content (AvgIpc) is 2.94. The van der Waals surface area contributed by atoms with Gasteiger partial charge in [0.05, 0.1) is 0 Å². The summed E-state index contributed by atoms with van der Waals surface area (Å²) in [6, 6.07) is 18.7. The molecule has 0 fully saturated rings. The molecule has 1 unspecified atom stereocenters. The van der Waals surface area contributed by atoms with Crippen molar-refractivity contribution in [2.45, 2.75) is 103 Å². The molecule has 0 aliphatic carbocycles. The molecule has 39 heavy (non-hydrogen) atoms. The van der Waals surface area contributed by atoms with E-state index in [-0.39, 0.29) is 6.03 Å². The van der Waals surface area contributed by atoms with Crippen molar-refractivity contribution in [3.05, 3.63) is 60.7 Å². The molecule has 4 N–H and O–H groups in total. The standard InChI is InChI=1S/C33H52N4O2/c1-2-3-4-5-6-9-14-21-29(28-37(33(35)39)31-25-18-13-19-26-31)22-15-10-7-8-11-20-27-36(32(34)38)30-23-16-12-17-24-30/h12-13,16-19,23-26,29H,2-11,14-15,20-22,27-28H2,1H3,(H2,34,38)(H2,35,39). The van der Waals surface area contributed by atoms with Crippen LogP contribution in [0.3, 0.4) is 0 Å². The first-order valence-electron chi connectivity index (χ1n) is 15.3. The highest BCUT2D eigenvalue weighted by molar-refractivity contribution is 5.91. The lowest BCUT2D eigenvalue weighted by Crippen LogP contribution is -2.39. The number of nitrogens with zero attached hydrogens (tertiary/aromatic N) is 2. The summed E-state index contributed by atoms with van der Waals surface area (Å²) >= 11 is 0. The first-order chi connectivity index (χ1) is 19.0. The molecule has 6 nitrogen and oxygen atoms in total. The van der Waals surface area contributed by atoms with Crippen LogP contribution in [0.15, 0.2) is 60.7 Å². The molecule has 216 valence electrons. The van der Waals surface area contributed by atoms with Crippen molar-refractivity contribution in [3.63, 3.8) is 0 Å². The molecule has 4 amide bonds. The van der Waals surface area contributed by atoms with Crippen LogP contribution < -0.4 is 21.3 Å². The summed E-state index contributed by atoms with van der Waals surface area (Å²) in [4.78, 5) is 27.5. The maximum absolute atomic E-state index is 12.3. The molecule has 0 aromatic heterocycles. The number of nitrogens with two attached hydrogens (primary N) is 2. The third kappa shape index (κ3) is 13.6. The Morgan fingerprint density at radius 3 is 1.46 bits per heavy atom. The van der Waals surface area contributed by atoms with Crippen LogP contribution in [0, 0.1) is 5.92 Å². The van der Waals surface area contributed by atoms with Crippen molar-refractivity contribution in [1.29, 1.82) is 0 Å². The maximum atomic E-state index is 12.3. The van der Waals surface area contributed by atoms with Gasteiger partial charge in [-0.2, -0.15) is 0 Å². The van der Waals surface area contributed by atoms with Gasteiger partial charge in [-0.15, -0.1) is 0 Å². The Hall–Kier alpha value is -3.02. The van der Waals surface area contributed by atoms with Gasteiger partial charge in [-0.25, -0.2) is 9.59 Å². The molecular weight excluding hydrogens is 484 g/mol. The number of hydrogen-bond donors (Lipinski definition) is 2. The smallest absolute Gasteiger partial charge is 0.319 e. The van der Waals surface area contributed by atoms with Gasteiger partial charge in [-0.1, -0.05) is 120 Å². The number of para-hydroxylation sites is 2. The molecule has 2 rings (SSSR count). The zero-order chi connectivity index (χ0) is 28.1. The van der Waals surface area contributed by atoms with Crippen molar-refractivity contribution in [3.8, 4) is 0 Å². The molecule has 0 saturated heterocycles. The van der Waals surface area contributed by atoms with Crippen LogP contribution in [0.25, 0.3) is 0 Å². The number of unbranched alkanes of at least 4 members (excludes halogenated alkanes) is 11. The second-order valence-electron chi connectivity index (χ2n) is 10.8. The number of amides is 4. The van der Waals surface area contributed by atoms with E-state index in [4.69, 9.17) is 11.5 Å². The molecule has 2 aromatic rings. The summed E-state index contributed by atoms with van der Waals surface area (Å²) in [5, 5.41) is 0. The van der Waals surface area contributed by atoms with Crippen LogP contribution in [0.2, 0.25) is 0 Å². The van der Waals surface area contributed by atoms with E-state index >= 15 is 0 Å². The fourth-order valence-electron chi connectivity index (χ4n) is 5.29. The molecule has 0 aliphatic rings. The number of urea groups is 2. The van der Waals surface area contributed by atoms with E-state index in [1.807, 2.05) is 60.7 Å². The number of hydrogen-bond acceptors (Lipinski definition) is 2. The Morgan fingerprint density at radius 1 is 0.590 bits per heavy atom. The van der Waals surface area contributed by atoms with Crippen molar-refractivity contribution >= 4 is 23.4 Å². The molecule has 0 saturated carbocycles. The minimum Gasteiger partial charge on any atom is -0.351 e. The van der Waals surface area contributed by atoms with E-state index in [1.54, 1.807) is 9.80 Å².